The number of likely N-dealkylation sites (tertiary alicyclic amines) is 1. The number of carbonyl (C=O) groups excluding carboxylic acids is 1. The molecule has 23 heavy (non-hydrogen) atoms. The lowest BCUT2D eigenvalue weighted by molar-refractivity contribution is 0.0730. The summed E-state index contributed by atoms with van der Waals surface area (Å²) in [7, 11) is 0. The van der Waals surface area contributed by atoms with Crippen LogP contribution < -0.4 is 5.73 Å². The molecule has 1 atom stereocenters. The molecule has 4 heteroatoms. The molecule has 0 saturated carbocycles. The highest BCUT2D eigenvalue weighted by atomic mass is 16.2. The molecule has 4 nitrogen and oxygen atoms in total. The predicted molar refractivity (Wildman–Crippen MR) is 93.1 cm³/mol. The van der Waals surface area contributed by atoms with Crippen molar-refractivity contribution in [2.75, 3.05) is 12.3 Å². The number of hydrogen-bond acceptors (Lipinski definition) is 3. The fraction of sp³-hybridized carbons (Fsp3) is 0.368. The van der Waals surface area contributed by atoms with E-state index in [1.165, 1.54) is 0 Å². The van der Waals surface area contributed by atoms with Crippen LogP contribution in [0.5, 0.6) is 0 Å². The van der Waals surface area contributed by atoms with Crippen molar-refractivity contribution >= 4 is 11.6 Å². The molecule has 0 bridgehead atoms. The zero-order valence-corrected chi connectivity index (χ0v) is 13.5. The lowest BCUT2D eigenvalue weighted by Gasteiger charge is -2.24. The Morgan fingerprint density at radius 3 is 2.78 bits per heavy atom. The molecule has 1 aliphatic rings. The number of carbonyl (C=O) groups is 1. The molecule has 0 radical (unpaired) electrons. The van der Waals surface area contributed by atoms with E-state index in [2.05, 4.69) is 11.9 Å². The van der Waals surface area contributed by atoms with Gasteiger partial charge in [0.1, 0.15) is 0 Å². The molecular formula is C19H23N3O. The minimum Gasteiger partial charge on any atom is -0.399 e. The van der Waals surface area contributed by atoms with E-state index >= 15 is 0 Å². The van der Waals surface area contributed by atoms with Crippen LogP contribution in [0.3, 0.4) is 0 Å². The lowest BCUT2D eigenvalue weighted by atomic mass is 10.1. The Kier molecular flexibility index (Phi) is 4.60. The van der Waals surface area contributed by atoms with E-state index in [-0.39, 0.29) is 5.91 Å². The summed E-state index contributed by atoms with van der Waals surface area (Å²) in [6.07, 6.45) is 6.15. The smallest absolute Gasteiger partial charge is 0.254 e. The molecule has 1 aromatic heterocycles. The number of anilines is 1. The van der Waals surface area contributed by atoms with Gasteiger partial charge in [0.25, 0.3) is 5.91 Å². The average Bonchev–Trinajstić information content (AvgIpc) is 3.03. The maximum atomic E-state index is 12.7. The largest absolute Gasteiger partial charge is 0.399 e. The summed E-state index contributed by atoms with van der Waals surface area (Å²) >= 11 is 0. The van der Waals surface area contributed by atoms with Crippen molar-refractivity contribution in [1.29, 1.82) is 0 Å². The Balaban J connectivity index is 1.78. The minimum absolute atomic E-state index is 0.146. The summed E-state index contributed by atoms with van der Waals surface area (Å²) in [4.78, 5) is 19.1. The monoisotopic (exact) mass is 309 g/mol. The van der Waals surface area contributed by atoms with Crippen LogP contribution in [-0.4, -0.2) is 28.4 Å². The van der Waals surface area contributed by atoms with Crippen LogP contribution in [0.15, 0.2) is 42.6 Å². The number of hydrogen-bond donors (Lipinski definition) is 1. The number of nitrogens with two attached hydrogens (primary N) is 1. The molecule has 120 valence electrons. The van der Waals surface area contributed by atoms with E-state index in [0.29, 0.717) is 11.7 Å². The molecule has 0 spiro atoms. The van der Waals surface area contributed by atoms with Gasteiger partial charge in [0, 0.05) is 35.6 Å². The van der Waals surface area contributed by atoms with Crippen molar-refractivity contribution < 1.29 is 4.79 Å². The van der Waals surface area contributed by atoms with Crippen LogP contribution in [-0.2, 0) is 0 Å². The topological polar surface area (TPSA) is 59.2 Å². The summed E-state index contributed by atoms with van der Waals surface area (Å²) in [5.74, 6) is 0.146. The normalized spacial score (nSPS) is 17.4. The summed E-state index contributed by atoms with van der Waals surface area (Å²) in [5.41, 5.74) is 9.04. The molecule has 1 aromatic carbocycles. The van der Waals surface area contributed by atoms with Gasteiger partial charge in [0.15, 0.2) is 0 Å². The Morgan fingerprint density at radius 2 is 2.09 bits per heavy atom. The zero-order chi connectivity index (χ0) is 16.2. The fourth-order valence-electron chi connectivity index (χ4n) is 3.29. The van der Waals surface area contributed by atoms with Crippen molar-refractivity contribution in [3.05, 3.63) is 48.2 Å². The first-order chi connectivity index (χ1) is 11.2. The highest BCUT2D eigenvalue weighted by molar-refractivity contribution is 5.95. The van der Waals surface area contributed by atoms with E-state index in [1.807, 2.05) is 35.2 Å². The van der Waals surface area contributed by atoms with Gasteiger partial charge in [-0.05, 0) is 43.5 Å². The molecular weight excluding hydrogens is 286 g/mol. The van der Waals surface area contributed by atoms with E-state index in [9.17, 15) is 4.79 Å². The SMILES string of the molecule is CCCC1CCCN1C(=O)c1ccc(-c2cc(N)ccn2)cc1. The predicted octanol–water partition coefficient (Wildman–Crippen LogP) is 3.74. The van der Waals surface area contributed by atoms with Crippen LogP contribution in [0.4, 0.5) is 5.69 Å². The molecule has 1 aliphatic heterocycles. The van der Waals surface area contributed by atoms with Gasteiger partial charge in [-0.25, -0.2) is 0 Å². The van der Waals surface area contributed by atoms with Crippen LogP contribution in [0.25, 0.3) is 11.3 Å². The molecule has 2 heterocycles. The summed E-state index contributed by atoms with van der Waals surface area (Å²) < 4.78 is 0. The van der Waals surface area contributed by atoms with Gasteiger partial charge >= 0.3 is 0 Å². The van der Waals surface area contributed by atoms with Crippen molar-refractivity contribution in [3.63, 3.8) is 0 Å². The second-order valence-electron chi connectivity index (χ2n) is 6.14. The Morgan fingerprint density at radius 1 is 1.30 bits per heavy atom. The van der Waals surface area contributed by atoms with Gasteiger partial charge in [-0.15, -0.1) is 0 Å². The second-order valence-corrected chi connectivity index (χ2v) is 6.14. The first-order valence-corrected chi connectivity index (χ1v) is 8.32. The third kappa shape index (κ3) is 3.36. The van der Waals surface area contributed by atoms with Gasteiger partial charge in [-0.2, -0.15) is 0 Å². The van der Waals surface area contributed by atoms with Crippen LogP contribution in [0.1, 0.15) is 43.0 Å². The molecule has 2 aromatic rings. The molecule has 1 saturated heterocycles. The molecule has 1 amide bonds. The van der Waals surface area contributed by atoms with Gasteiger partial charge < -0.3 is 10.6 Å². The first kappa shape index (κ1) is 15.5. The van der Waals surface area contributed by atoms with Gasteiger partial charge in [-0.3, -0.25) is 9.78 Å². The van der Waals surface area contributed by atoms with E-state index in [1.54, 1.807) is 12.3 Å². The first-order valence-electron chi connectivity index (χ1n) is 8.32. The number of nitrogens with zero attached hydrogens (tertiary/aromatic N) is 2. The standard InChI is InChI=1S/C19H23N3O/c1-2-4-17-5-3-12-22(17)19(23)15-8-6-14(7-9-15)18-13-16(20)10-11-21-18/h6-11,13,17H,2-5,12H2,1H3,(H2,20,21). The van der Waals surface area contributed by atoms with Gasteiger partial charge in [0.2, 0.25) is 0 Å². The Labute approximate surface area is 137 Å². The number of pyridine rings is 1. The highest BCUT2D eigenvalue weighted by Crippen LogP contribution is 2.25. The maximum Gasteiger partial charge on any atom is 0.254 e. The summed E-state index contributed by atoms with van der Waals surface area (Å²) in [6, 6.07) is 11.7. The summed E-state index contributed by atoms with van der Waals surface area (Å²) in [5, 5.41) is 0. The van der Waals surface area contributed by atoms with Crippen molar-refractivity contribution in [2.45, 2.75) is 38.6 Å². The third-order valence-electron chi connectivity index (χ3n) is 4.47. The number of nitrogen functional groups attached to an aromatic ring is 1. The van der Waals surface area contributed by atoms with E-state index < -0.39 is 0 Å². The van der Waals surface area contributed by atoms with Crippen LogP contribution >= 0.6 is 0 Å². The van der Waals surface area contributed by atoms with Crippen molar-refractivity contribution in [3.8, 4) is 11.3 Å². The minimum atomic E-state index is 0.146. The van der Waals surface area contributed by atoms with E-state index in [4.69, 9.17) is 5.73 Å². The van der Waals surface area contributed by atoms with E-state index in [0.717, 1.165) is 49.0 Å². The quantitative estimate of drug-likeness (QED) is 0.936. The number of benzene rings is 1. The maximum absolute atomic E-state index is 12.7. The summed E-state index contributed by atoms with van der Waals surface area (Å²) in [6.45, 7) is 3.05. The van der Waals surface area contributed by atoms with Gasteiger partial charge in [0.05, 0.1) is 5.69 Å². The van der Waals surface area contributed by atoms with Crippen molar-refractivity contribution in [2.24, 2.45) is 0 Å². The Hall–Kier alpha value is -2.36. The zero-order valence-electron chi connectivity index (χ0n) is 13.5. The third-order valence-corrected chi connectivity index (χ3v) is 4.47. The molecule has 2 N–H and O–H groups in total. The second kappa shape index (κ2) is 6.82. The van der Waals surface area contributed by atoms with Crippen LogP contribution in [0, 0.1) is 0 Å². The number of aromatic nitrogens is 1. The van der Waals surface area contributed by atoms with Crippen LogP contribution in [0.2, 0.25) is 0 Å². The molecule has 1 unspecified atom stereocenters. The molecule has 0 aliphatic carbocycles. The molecule has 1 fully saturated rings. The number of amides is 1. The molecule has 3 rings (SSSR count). The lowest BCUT2D eigenvalue weighted by Crippen LogP contribution is -2.35. The highest BCUT2D eigenvalue weighted by Gasteiger charge is 2.28. The van der Waals surface area contributed by atoms with Crippen molar-refractivity contribution in [1.82, 2.24) is 9.88 Å². The fourth-order valence-corrected chi connectivity index (χ4v) is 3.29. The Bertz CT molecular complexity index is 681. The van der Waals surface area contributed by atoms with Gasteiger partial charge in [-0.1, -0.05) is 25.5 Å². The average molecular weight is 309 g/mol. The number of rotatable bonds is 4.